The molecule has 6 heteroatoms. The third kappa shape index (κ3) is 4.08. The third-order valence-electron chi connectivity index (χ3n) is 4.26. The van der Waals surface area contributed by atoms with Gasteiger partial charge in [0.1, 0.15) is 0 Å². The fraction of sp³-hybridized carbons (Fsp3) is 0.562. The number of anilines is 1. The predicted octanol–water partition coefficient (Wildman–Crippen LogP) is 2.17. The number of rotatable bonds is 4. The lowest BCUT2D eigenvalue weighted by Gasteiger charge is -2.29. The van der Waals surface area contributed by atoms with E-state index in [0.717, 1.165) is 17.7 Å². The summed E-state index contributed by atoms with van der Waals surface area (Å²) in [5, 5.41) is 3.00. The average Bonchev–Trinajstić information content (AvgIpc) is 2.48. The molecule has 1 aliphatic heterocycles. The van der Waals surface area contributed by atoms with Crippen LogP contribution in [0, 0.1) is 12.8 Å². The predicted molar refractivity (Wildman–Crippen MR) is 88.3 cm³/mol. The van der Waals surface area contributed by atoms with Crippen molar-refractivity contribution in [3.8, 4) is 0 Å². The van der Waals surface area contributed by atoms with E-state index in [0.29, 0.717) is 25.9 Å². The lowest BCUT2D eigenvalue weighted by Crippen LogP contribution is -2.40. The van der Waals surface area contributed by atoms with Crippen LogP contribution in [0.2, 0.25) is 0 Å². The first-order valence-electron chi connectivity index (χ1n) is 7.66. The minimum absolute atomic E-state index is 0.00972. The van der Waals surface area contributed by atoms with E-state index in [9.17, 15) is 13.2 Å². The minimum Gasteiger partial charge on any atom is -0.326 e. The van der Waals surface area contributed by atoms with E-state index in [1.807, 2.05) is 19.1 Å². The van der Waals surface area contributed by atoms with Crippen LogP contribution in [0.25, 0.3) is 0 Å². The van der Waals surface area contributed by atoms with Gasteiger partial charge < -0.3 is 5.32 Å². The summed E-state index contributed by atoms with van der Waals surface area (Å²) in [6, 6.07) is 6.09. The topological polar surface area (TPSA) is 66.5 Å². The molecule has 0 aromatic heterocycles. The van der Waals surface area contributed by atoms with E-state index >= 15 is 0 Å². The summed E-state index contributed by atoms with van der Waals surface area (Å²) < 4.78 is 24.4. The monoisotopic (exact) mass is 324 g/mol. The van der Waals surface area contributed by atoms with E-state index < -0.39 is 10.0 Å². The maximum atomic E-state index is 12.4. The van der Waals surface area contributed by atoms with Crippen LogP contribution in [-0.4, -0.2) is 38.0 Å². The molecule has 1 aromatic carbocycles. The first-order chi connectivity index (χ1) is 10.3. The second kappa shape index (κ2) is 6.79. The minimum atomic E-state index is -3.15. The van der Waals surface area contributed by atoms with E-state index in [-0.39, 0.29) is 11.8 Å². The average molecular weight is 324 g/mol. The Morgan fingerprint density at radius 1 is 1.32 bits per heavy atom. The standard InChI is InChI=1S/C16H24N2O3S/c1-4-13-6-5-12(2)15(11-13)17-16(19)14-7-9-18(10-8-14)22(3,20)21/h5-6,11,14H,4,7-10H2,1-3H3,(H,17,19). The van der Waals surface area contributed by atoms with Crippen molar-refractivity contribution in [2.45, 2.75) is 33.1 Å². The van der Waals surface area contributed by atoms with Gasteiger partial charge in [-0.15, -0.1) is 0 Å². The second-order valence-electron chi connectivity index (χ2n) is 5.93. The van der Waals surface area contributed by atoms with Gasteiger partial charge in [-0.1, -0.05) is 19.1 Å². The van der Waals surface area contributed by atoms with Crippen LogP contribution in [-0.2, 0) is 21.2 Å². The zero-order valence-electron chi connectivity index (χ0n) is 13.4. The van der Waals surface area contributed by atoms with Crippen LogP contribution >= 0.6 is 0 Å². The number of carbonyl (C=O) groups is 1. The Bertz CT molecular complexity index is 647. The summed E-state index contributed by atoms with van der Waals surface area (Å²) in [4.78, 5) is 12.4. The molecule has 0 radical (unpaired) electrons. The number of sulfonamides is 1. The highest BCUT2D eigenvalue weighted by Gasteiger charge is 2.29. The molecular weight excluding hydrogens is 300 g/mol. The van der Waals surface area contributed by atoms with E-state index in [4.69, 9.17) is 0 Å². The third-order valence-corrected chi connectivity index (χ3v) is 5.57. The van der Waals surface area contributed by atoms with E-state index in [1.165, 1.54) is 16.1 Å². The summed E-state index contributed by atoms with van der Waals surface area (Å²) in [6.07, 6.45) is 3.29. The van der Waals surface area contributed by atoms with Crippen molar-refractivity contribution in [2.75, 3.05) is 24.7 Å². The highest BCUT2D eigenvalue weighted by atomic mass is 32.2. The molecule has 1 fully saturated rings. The lowest BCUT2D eigenvalue weighted by molar-refractivity contribution is -0.120. The van der Waals surface area contributed by atoms with E-state index in [1.54, 1.807) is 0 Å². The molecule has 0 unspecified atom stereocenters. The maximum Gasteiger partial charge on any atom is 0.227 e. The Labute approximate surface area is 132 Å². The van der Waals surface area contributed by atoms with Crippen molar-refractivity contribution in [3.05, 3.63) is 29.3 Å². The molecule has 0 saturated carbocycles. The zero-order valence-corrected chi connectivity index (χ0v) is 14.2. The SMILES string of the molecule is CCc1ccc(C)c(NC(=O)C2CCN(S(C)(=O)=O)CC2)c1. The van der Waals surface area contributed by atoms with Crippen LogP contribution in [0.1, 0.15) is 30.9 Å². The number of nitrogens with zero attached hydrogens (tertiary/aromatic N) is 1. The van der Waals surface area contributed by atoms with Crippen molar-refractivity contribution in [3.63, 3.8) is 0 Å². The summed E-state index contributed by atoms with van der Waals surface area (Å²) in [6.45, 7) is 4.90. The molecule has 122 valence electrons. The molecule has 2 rings (SSSR count). The van der Waals surface area contributed by atoms with E-state index in [2.05, 4.69) is 18.3 Å². The van der Waals surface area contributed by atoms with Crippen LogP contribution in [0.4, 0.5) is 5.69 Å². The fourth-order valence-corrected chi connectivity index (χ4v) is 3.58. The summed E-state index contributed by atoms with van der Waals surface area (Å²) in [7, 11) is -3.15. The number of benzene rings is 1. The van der Waals surface area contributed by atoms with Crippen LogP contribution in [0.5, 0.6) is 0 Å². The molecule has 0 aliphatic carbocycles. The number of carbonyl (C=O) groups excluding carboxylic acids is 1. The van der Waals surface area contributed by atoms with Crippen molar-refractivity contribution in [2.24, 2.45) is 5.92 Å². The normalized spacial score (nSPS) is 17.4. The molecule has 5 nitrogen and oxygen atoms in total. The molecule has 1 N–H and O–H groups in total. The van der Waals surface area contributed by atoms with Gasteiger partial charge in [-0.3, -0.25) is 4.79 Å². The van der Waals surface area contributed by atoms with Crippen molar-refractivity contribution in [1.29, 1.82) is 0 Å². The zero-order chi connectivity index (χ0) is 16.3. The summed E-state index contributed by atoms with van der Waals surface area (Å²) >= 11 is 0. The molecule has 1 heterocycles. The number of amides is 1. The molecule has 1 aromatic rings. The fourth-order valence-electron chi connectivity index (χ4n) is 2.71. The lowest BCUT2D eigenvalue weighted by atomic mass is 9.97. The van der Waals surface area contributed by atoms with Gasteiger partial charge in [0.25, 0.3) is 0 Å². The molecule has 0 spiro atoms. The Morgan fingerprint density at radius 3 is 2.50 bits per heavy atom. The van der Waals surface area contributed by atoms with Gasteiger partial charge in [0, 0.05) is 24.7 Å². The van der Waals surface area contributed by atoms with Gasteiger partial charge in [-0.25, -0.2) is 12.7 Å². The molecule has 1 saturated heterocycles. The molecule has 22 heavy (non-hydrogen) atoms. The van der Waals surface area contributed by atoms with Gasteiger partial charge in [0.15, 0.2) is 0 Å². The smallest absolute Gasteiger partial charge is 0.227 e. The molecule has 1 aliphatic rings. The highest BCUT2D eigenvalue weighted by molar-refractivity contribution is 7.88. The number of hydrogen-bond acceptors (Lipinski definition) is 3. The first-order valence-corrected chi connectivity index (χ1v) is 9.51. The van der Waals surface area contributed by atoms with Crippen LogP contribution in [0.15, 0.2) is 18.2 Å². The quantitative estimate of drug-likeness (QED) is 0.923. The van der Waals surface area contributed by atoms with Crippen molar-refractivity contribution >= 4 is 21.6 Å². The summed E-state index contributed by atoms with van der Waals surface area (Å²) in [5.41, 5.74) is 3.09. The number of aryl methyl sites for hydroxylation is 2. The van der Waals surface area contributed by atoms with Gasteiger partial charge >= 0.3 is 0 Å². The second-order valence-corrected chi connectivity index (χ2v) is 7.91. The molecule has 0 bridgehead atoms. The highest BCUT2D eigenvalue weighted by Crippen LogP contribution is 2.23. The number of nitrogens with one attached hydrogen (secondary N) is 1. The first kappa shape index (κ1) is 17.0. The van der Waals surface area contributed by atoms with Crippen molar-refractivity contribution in [1.82, 2.24) is 4.31 Å². The molecule has 0 atom stereocenters. The number of hydrogen-bond donors (Lipinski definition) is 1. The Kier molecular flexibility index (Phi) is 5.24. The Hall–Kier alpha value is -1.40. The number of piperidine rings is 1. The van der Waals surface area contributed by atoms with Gasteiger partial charge in [0.05, 0.1) is 6.26 Å². The van der Waals surface area contributed by atoms with Crippen LogP contribution < -0.4 is 5.32 Å². The largest absolute Gasteiger partial charge is 0.326 e. The maximum absolute atomic E-state index is 12.4. The molecule has 1 amide bonds. The Morgan fingerprint density at radius 2 is 1.95 bits per heavy atom. The van der Waals surface area contributed by atoms with Gasteiger partial charge in [0.2, 0.25) is 15.9 Å². The van der Waals surface area contributed by atoms with Crippen LogP contribution in [0.3, 0.4) is 0 Å². The van der Waals surface area contributed by atoms with Gasteiger partial charge in [-0.05, 0) is 43.4 Å². The Balaban J connectivity index is 1.99. The van der Waals surface area contributed by atoms with Crippen molar-refractivity contribution < 1.29 is 13.2 Å². The molecular formula is C16H24N2O3S. The van der Waals surface area contributed by atoms with Gasteiger partial charge in [-0.2, -0.15) is 0 Å². The summed E-state index contributed by atoms with van der Waals surface area (Å²) in [5.74, 6) is -0.132.